The van der Waals surface area contributed by atoms with Crippen LogP contribution in [0.4, 0.5) is 11.4 Å². The van der Waals surface area contributed by atoms with E-state index in [9.17, 15) is 14.4 Å². The van der Waals surface area contributed by atoms with E-state index in [0.29, 0.717) is 5.02 Å². The molecule has 0 bridgehead atoms. The SMILES string of the molecule is CC[C@H](C)c1ccccc1N1C[C@H](C(=O)OCC(=O)Nc2cc(Cl)ccc2C#N)CC1=O. The van der Waals surface area contributed by atoms with Gasteiger partial charge < -0.3 is 15.0 Å². The Hall–Kier alpha value is -3.37. The molecular formula is C24H24ClN3O4. The number of carbonyl (C=O) groups is 3. The van der Waals surface area contributed by atoms with Crippen molar-refractivity contribution >= 4 is 40.8 Å². The predicted molar refractivity (Wildman–Crippen MR) is 121 cm³/mol. The smallest absolute Gasteiger partial charge is 0.311 e. The fraction of sp³-hybridized carbons (Fsp3) is 0.333. The third kappa shape index (κ3) is 5.27. The molecule has 166 valence electrons. The van der Waals surface area contributed by atoms with E-state index in [1.807, 2.05) is 30.3 Å². The zero-order chi connectivity index (χ0) is 23.3. The maximum atomic E-state index is 12.6. The minimum Gasteiger partial charge on any atom is -0.455 e. The van der Waals surface area contributed by atoms with Crippen LogP contribution in [0, 0.1) is 17.2 Å². The average Bonchev–Trinajstić information content (AvgIpc) is 3.18. The number of halogens is 1. The maximum absolute atomic E-state index is 12.6. The van der Waals surface area contributed by atoms with Crippen molar-refractivity contribution in [2.24, 2.45) is 5.92 Å². The molecule has 1 N–H and O–H groups in total. The van der Waals surface area contributed by atoms with Crippen molar-refractivity contribution in [1.82, 2.24) is 0 Å². The van der Waals surface area contributed by atoms with Crippen molar-refractivity contribution in [3.8, 4) is 6.07 Å². The Morgan fingerprint density at radius 3 is 2.78 bits per heavy atom. The van der Waals surface area contributed by atoms with Crippen LogP contribution in [0.3, 0.4) is 0 Å². The van der Waals surface area contributed by atoms with E-state index in [2.05, 4.69) is 19.2 Å². The predicted octanol–water partition coefficient (Wildman–Crippen LogP) is 4.26. The van der Waals surface area contributed by atoms with E-state index in [1.54, 1.807) is 4.90 Å². The van der Waals surface area contributed by atoms with Gasteiger partial charge >= 0.3 is 5.97 Å². The van der Waals surface area contributed by atoms with Crippen LogP contribution >= 0.6 is 11.6 Å². The minimum absolute atomic E-state index is 0.0299. The lowest BCUT2D eigenvalue weighted by Crippen LogP contribution is -2.29. The van der Waals surface area contributed by atoms with Gasteiger partial charge in [-0.3, -0.25) is 14.4 Å². The van der Waals surface area contributed by atoms with Crippen molar-refractivity contribution in [2.75, 3.05) is 23.4 Å². The highest BCUT2D eigenvalue weighted by molar-refractivity contribution is 6.31. The van der Waals surface area contributed by atoms with E-state index >= 15 is 0 Å². The lowest BCUT2D eigenvalue weighted by atomic mass is 9.96. The van der Waals surface area contributed by atoms with Crippen LogP contribution in [0.2, 0.25) is 5.02 Å². The topological polar surface area (TPSA) is 99.5 Å². The minimum atomic E-state index is -0.652. The Balaban J connectivity index is 1.61. The molecule has 2 atom stereocenters. The first-order valence-corrected chi connectivity index (χ1v) is 10.8. The quantitative estimate of drug-likeness (QED) is 0.631. The molecule has 1 saturated heterocycles. The Morgan fingerprint density at radius 1 is 1.31 bits per heavy atom. The summed E-state index contributed by atoms with van der Waals surface area (Å²) in [5.74, 6) is -1.73. The van der Waals surface area contributed by atoms with Crippen LogP contribution in [0.5, 0.6) is 0 Å². The number of para-hydroxylation sites is 1. The van der Waals surface area contributed by atoms with Crippen molar-refractivity contribution in [2.45, 2.75) is 32.6 Å². The highest BCUT2D eigenvalue weighted by Crippen LogP contribution is 2.33. The van der Waals surface area contributed by atoms with Gasteiger partial charge in [-0.25, -0.2) is 0 Å². The largest absolute Gasteiger partial charge is 0.455 e. The number of nitriles is 1. The van der Waals surface area contributed by atoms with E-state index in [4.69, 9.17) is 21.6 Å². The molecule has 1 heterocycles. The van der Waals surface area contributed by atoms with Crippen LogP contribution < -0.4 is 10.2 Å². The molecule has 3 rings (SSSR count). The first kappa shape index (κ1) is 23.3. The average molecular weight is 454 g/mol. The Bertz CT molecular complexity index is 1080. The molecule has 32 heavy (non-hydrogen) atoms. The van der Waals surface area contributed by atoms with Crippen LogP contribution in [-0.2, 0) is 19.1 Å². The monoisotopic (exact) mass is 453 g/mol. The van der Waals surface area contributed by atoms with Gasteiger partial charge in [-0.15, -0.1) is 0 Å². The van der Waals surface area contributed by atoms with Gasteiger partial charge in [0.05, 0.1) is 17.2 Å². The molecule has 0 saturated carbocycles. The summed E-state index contributed by atoms with van der Waals surface area (Å²) in [5, 5.41) is 12.0. The summed E-state index contributed by atoms with van der Waals surface area (Å²) >= 11 is 5.91. The summed E-state index contributed by atoms with van der Waals surface area (Å²) in [4.78, 5) is 39.0. The molecule has 1 aliphatic rings. The summed E-state index contributed by atoms with van der Waals surface area (Å²) in [6.45, 7) is 3.87. The van der Waals surface area contributed by atoms with E-state index < -0.39 is 24.4 Å². The van der Waals surface area contributed by atoms with Gasteiger partial charge in [0.25, 0.3) is 5.91 Å². The number of rotatable bonds is 7. The molecule has 7 nitrogen and oxygen atoms in total. The second-order valence-electron chi connectivity index (χ2n) is 7.73. The summed E-state index contributed by atoms with van der Waals surface area (Å²) in [6, 6.07) is 14.1. The summed E-state index contributed by atoms with van der Waals surface area (Å²) in [7, 11) is 0. The number of anilines is 2. The second-order valence-corrected chi connectivity index (χ2v) is 8.17. The van der Waals surface area contributed by atoms with Crippen LogP contribution in [0.25, 0.3) is 0 Å². The Labute approximate surface area is 191 Å². The molecule has 1 fully saturated rings. The summed E-state index contributed by atoms with van der Waals surface area (Å²) < 4.78 is 5.15. The number of hydrogen-bond donors (Lipinski definition) is 1. The Morgan fingerprint density at radius 2 is 2.06 bits per heavy atom. The third-order valence-electron chi connectivity index (χ3n) is 5.55. The number of esters is 1. The fourth-order valence-electron chi connectivity index (χ4n) is 3.63. The number of ether oxygens (including phenoxy) is 1. The van der Waals surface area contributed by atoms with Gasteiger partial charge in [-0.05, 0) is 42.2 Å². The molecular weight excluding hydrogens is 430 g/mol. The van der Waals surface area contributed by atoms with E-state index in [1.165, 1.54) is 18.2 Å². The van der Waals surface area contributed by atoms with Gasteiger partial charge in [0.2, 0.25) is 5.91 Å². The number of benzene rings is 2. The standard InChI is InChI=1S/C24H24ClN3O4/c1-3-15(2)19-6-4-5-7-21(19)28-13-17(10-23(28)30)24(31)32-14-22(29)27-20-11-18(25)9-8-16(20)12-26/h4-9,11,15,17H,3,10,13-14H2,1-2H3,(H,27,29)/t15-,17+/m0/s1. The number of amides is 2. The van der Waals surface area contributed by atoms with Crippen LogP contribution in [-0.4, -0.2) is 30.9 Å². The number of hydrogen-bond acceptors (Lipinski definition) is 5. The summed E-state index contributed by atoms with van der Waals surface area (Å²) in [5.41, 5.74) is 2.35. The molecule has 0 radical (unpaired) electrons. The molecule has 2 amide bonds. The first-order valence-electron chi connectivity index (χ1n) is 10.4. The van der Waals surface area contributed by atoms with Gasteiger partial charge in [-0.2, -0.15) is 5.26 Å². The van der Waals surface area contributed by atoms with Crippen molar-refractivity contribution in [3.63, 3.8) is 0 Å². The lowest BCUT2D eigenvalue weighted by Gasteiger charge is -2.23. The third-order valence-corrected chi connectivity index (χ3v) is 5.79. The highest BCUT2D eigenvalue weighted by atomic mass is 35.5. The molecule has 1 aliphatic heterocycles. The second kappa shape index (κ2) is 10.3. The molecule has 8 heteroatoms. The van der Waals surface area contributed by atoms with Crippen LogP contribution in [0.1, 0.15) is 43.7 Å². The molecule has 2 aromatic rings. The molecule has 0 spiro atoms. The number of nitrogens with one attached hydrogen (secondary N) is 1. The molecule has 0 aromatic heterocycles. The molecule has 2 aromatic carbocycles. The summed E-state index contributed by atoms with van der Waals surface area (Å²) in [6.07, 6.45) is 0.960. The fourth-order valence-corrected chi connectivity index (χ4v) is 3.80. The van der Waals surface area contributed by atoms with Gasteiger partial charge in [-0.1, -0.05) is 43.6 Å². The normalized spacial score (nSPS) is 16.4. The van der Waals surface area contributed by atoms with E-state index in [-0.39, 0.29) is 36.0 Å². The highest BCUT2D eigenvalue weighted by Gasteiger charge is 2.37. The number of nitrogens with zero attached hydrogens (tertiary/aromatic N) is 2. The van der Waals surface area contributed by atoms with Crippen LogP contribution in [0.15, 0.2) is 42.5 Å². The van der Waals surface area contributed by atoms with Gasteiger partial charge in [0.15, 0.2) is 6.61 Å². The molecule has 0 unspecified atom stereocenters. The van der Waals surface area contributed by atoms with E-state index in [0.717, 1.165) is 17.7 Å². The van der Waals surface area contributed by atoms with Gasteiger partial charge in [0.1, 0.15) is 6.07 Å². The zero-order valence-electron chi connectivity index (χ0n) is 17.9. The van der Waals surface area contributed by atoms with Crippen molar-refractivity contribution in [1.29, 1.82) is 5.26 Å². The lowest BCUT2D eigenvalue weighted by molar-refractivity contribution is -0.151. The zero-order valence-corrected chi connectivity index (χ0v) is 18.7. The van der Waals surface area contributed by atoms with Crippen molar-refractivity contribution in [3.05, 3.63) is 58.6 Å². The maximum Gasteiger partial charge on any atom is 0.311 e. The van der Waals surface area contributed by atoms with Crippen molar-refractivity contribution < 1.29 is 19.1 Å². The van der Waals surface area contributed by atoms with Gasteiger partial charge in [0, 0.05) is 23.7 Å². The first-order chi connectivity index (χ1) is 15.3. The molecule has 0 aliphatic carbocycles. The Kier molecular flexibility index (Phi) is 7.49. The number of carbonyl (C=O) groups excluding carboxylic acids is 3.